The molecule has 0 bridgehead atoms. The smallest absolute Gasteiger partial charge is 0.149 e. The van der Waals surface area contributed by atoms with Crippen LogP contribution in [0.3, 0.4) is 0 Å². The molecule has 1 aromatic heterocycles. The zero-order chi connectivity index (χ0) is 12.7. The Labute approximate surface area is 110 Å². The maximum atomic E-state index is 8.84. The molecule has 0 aliphatic heterocycles. The molecule has 0 unspecified atom stereocenters. The van der Waals surface area contributed by atoms with Crippen LogP contribution in [-0.2, 0) is 0 Å². The molecule has 0 amide bonds. The summed E-state index contributed by atoms with van der Waals surface area (Å²) in [6.45, 7) is 2.78. The van der Waals surface area contributed by atoms with Gasteiger partial charge in [0.25, 0.3) is 0 Å². The number of aliphatic hydroxyl groups is 1. The first kappa shape index (κ1) is 14.1. The second-order valence-electron chi connectivity index (χ2n) is 3.36. The molecule has 0 aliphatic rings. The fourth-order valence-electron chi connectivity index (χ4n) is 1.28. The van der Waals surface area contributed by atoms with E-state index in [1.54, 1.807) is 17.8 Å². The maximum Gasteiger partial charge on any atom is 0.149 e. The Bertz CT molecular complexity index is 397. The highest BCUT2D eigenvalue weighted by atomic mass is 35.5. The molecule has 1 heterocycles. The number of pyridine rings is 1. The SMILES string of the molecule is Cc1cc(NCCSCCO)nc(Cl)c1C#N. The van der Waals surface area contributed by atoms with E-state index in [0.29, 0.717) is 11.4 Å². The van der Waals surface area contributed by atoms with Crippen molar-refractivity contribution in [3.05, 3.63) is 22.3 Å². The predicted molar refractivity (Wildman–Crippen MR) is 71.6 cm³/mol. The third kappa shape index (κ3) is 4.43. The Morgan fingerprint density at radius 3 is 2.94 bits per heavy atom. The van der Waals surface area contributed by atoms with E-state index < -0.39 is 0 Å². The van der Waals surface area contributed by atoms with E-state index in [0.717, 1.165) is 23.6 Å². The Hall–Kier alpha value is -0.960. The zero-order valence-corrected chi connectivity index (χ0v) is 11.1. The van der Waals surface area contributed by atoms with Crippen molar-refractivity contribution in [1.29, 1.82) is 5.26 Å². The molecule has 17 heavy (non-hydrogen) atoms. The molecule has 6 heteroatoms. The van der Waals surface area contributed by atoms with Gasteiger partial charge in [-0.25, -0.2) is 4.98 Å². The molecular weight excluding hydrogens is 258 g/mol. The number of nitrogens with one attached hydrogen (secondary N) is 1. The molecule has 1 rings (SSSR count). The summed E-state index contributed by atoms with van der Waals surface area (Å²) < 4.78 is 0. The summed E-state index contributed by atoms with van der Waals surface area (Å²) in [5.41, 5.74) is 1.24. The van der Waals surface area contributed by atoms with Crippen LogP contribution in [0.5, 0.6) is 0 Å². The Kier molecular flexibility index (Phi) is 6.12. The van der Waals surface area contributed by atoms with Gasteiger partial charge in [0.05, 0.1) is 12.2 Å². The van der Waals surface area contributed by atoms with Gasteiger partial charge in [-0.3, -0.25) is 0 Å². The van der Waals surface area contributed by atoms with Gasteiger partial charge < -0.3 is 10.4 Å². The van der Waals surface area contributed by atoms with Gasteiger partial charge in [-0.15, -0.1) is 0 Å². The summed E-state index contributed by atoms with van der Waals surface area (Å²) in [5, 5.41) is 20.8. The number of anilines is 1. The number of hydrogen-bond acceptors (Lipinski definition) is 5. The first-order valence-corrected chi connectivity index (χ1v) is 6.72. The number of hydrogen-bond donors (Lipinski definition) is 2. The Morgan fingerprint density at radius 2 is 2.35 bits per heavy atom. The van der Waals surface area contributed by atoms with Crippen molar-refractivity contribution >= 4 is 29.2 Å². The molecule has 0 atom stereocenters. The van der Waals surface area contributed by atoms with Crippen LogP contribution in [0.25, 0.3) is 0 Å². The van der Waals surface area contributed by atoms with Crippen molar-refractivity contribution in [2.24, 2.45) is 0 Å². The number of halogens is 1. The summed E-state index contributed by atoms with van der Waals surface area (Å²) in [5.74, 6) is 2.30. The molecule has 4 nitrogen and oxygen atoms in total. The normalized spacial score (nSPS) is 10.0. The van der Waals surface area contributed by atoms with Crippen LogP contribution in [0, 0.1) is 18.3 Å². The lowest BCUT2D eigenvalue weighted by Gasteiger charge is -2.07. The minimum atomic E-state index is 0.199. The van der Waals surface area contributed by atoms with E-state index in [4.69, 9.17) is 22.0 Å². The molecule has 1 aromatic rings. The minimum Gasteiger partial charge on any atom is -0.396 e. The number of aryl methyl sites for hydroxylation is 1. The lowest BCUT2D eigenvalue weighted by atomic mass is 10.2. The number of rotatable bonds is 6. The van der Waals surface area contributed by atoms with E-state index in [9.17, 15) is 0 Å². The predicted octanol–water partition coefficient (Wildman–Crippen LogP) is 2.05. The van der Waals surface area contributed by atoms with Gasteiger partial charge in [-0.05, 0) is 18.6 Å². The highest BCUT2D eigenvalue weighted by Crippen LogP contribution is 2.20. The van der Waals surface area contributed by atoms with Gasteiger partial charge in [0.1, 0.15) is 17.0 Å². The Morgan fingerprint density at radius 1 is 1.59 bits per heavy atom. The van der Waals surface area contributed by atoms with Gasteiger partial charge in [0.15, 0.2) is 0 Å². The molecule has 2 N–H and O–H groups in total. The van der Waals surface area contributed by atoms with Crippen molar-refractivity contribution in [3.63, 3.8) is 0 Å². The molecule has 92 valence electrons. The van der Waals surface area contributed by atoms with Crippen LogP contribution < -0.4 is 5.32 Å². The summed E-state index contributed by atoms with van der Waals surface area (Å²) >= 11 is 7.55. The lowest BCUT2D eigenvalue weighted by Crippen LogP contribution is -2.07. The summed E-state index contributed by atoms with van der Waals surface area (Å²) in [7, 11) is 0. The van der Waals surface area contributed by atoms with Crippen LogP contribution in [-0.4, -0.2) is 34.7 Å². The van der Waals surface area contributed by atoms with Crippen molar-refractivity contribution in [2.45, 2.75) is 6.92 Å². The molecule has 0 radical (unpaired) electrons. The quantitative estimate of drug-likeness (QED) is 0.612. The molecule has 0 fully saturated rings. The van der Waals surface area contributed by atoms with Crippen molar-refractivity contribution in [3.8, 4) is 6.07 Å². The summed E-state index contributed by atoms with van der Waals surface area (Å²) in [6, 6.07) is 3.83. The minimum absolute atomic E-state index is 0.199. The monoisotopic (exact) mass is 271 g/mol. The summed E-state index contributed by atoms with van der Waals surface area (Å²) in [4.78, 5) is 4.10. The second kappa shape index (κ2) is 7.38. The standard InChI is InChI=1S/C11H14ClN3OS/c1-8-6-10(14-2-4-17-5-3-16)15-11(12)9(8)7-13/h6,16H,2-5H2,1H3,(H,14,15). The highest BCUT2D eigenvalue weighted by Gasteiger charge is 2.07. The average Bonchev–Trinajstić information content (AvgIpc) is 2.28. The van der Waals surface area contributed by atoms with Crippen LogP contribution in [0.1, 0.15) is 11.1 Å². The molecular formula is C11H14ClN3OS. The van der Waals surface area contributed by atoms with Crippen LogP contribution >= 0.6 is 23.4 Å². The number of thioether (sulfide) groups is 1. The summed E-state index contributed by atoms with van der Waals surface area (Å²) in [6.07, 6.45) is 0. The lowest BCUT2D eigenvalue weighted by molar-refractivity contribution is 0.322. The first-order valence-electron chi connectivity index (χ1n) is 5.18. The van der Waals surface area contributed by atoms with Gasteiger partial charge in [0, 0.05) is 18.1 Å². The first-order chi connectivity index (χ1) is 8.19. The number of nitriles is 1. The highest BCUT2D eigenvalue weighted by molar-refractivity contribution is 7.99. The van der Waals surface area contributed by atoms with Crippen molar-refractivity contribution in [2.75, 3.05) is 30.0 Å². The van der Waals surface area contributed by atoms with Gasteiger partial charge >= 0.3 is 0 Å². The molecule has 0 aliphatic carbocycles. The van der Waals surface area contributed by atoms with Crippen molar-refractivity contribution < 1.29 is 5.11 Å². The van der Waals surface area contributed by atoms with E-state index in [1.807, 2.05) is 13.0 Å². The second-order valence-corrected chi connectivity index (χ2v) is 4.95. The van der Waals surface area contributed by atoms with E-state index >= 15 is 0 Å². The third-order valence-corrected chi connectivity index (χ3v) is 3.31. The fraction of sp³-hybridized carbons (Fsp3) is 0.455. The molecule has 0 aromatic carbocycles. The van der Waals surface area contributed by atoms with E-state index in [2.05, 4.69) is 10.3 Å². The van der Waals surface area contributed by atoms with Crippen molar-refractivity contribution in [1.82, 2.24) is 4.98 Å². The fourth-order valence-corrected chi connectivity index (χ4v) is 2.14. The van der Waals surface area contributed by atoms with Gasteiger partial charge in [-0.1, -0.05) is 11.6 Å². The molecule has 0 spiro atoms. The topological polar surface area (TPSA) is 68.9 Å². The van der Waals surface area contributed by atoms with Gasteiger partial charge in [0.2, 0.25) is 0 Å². The van der Waals surface area contributed by atoms with Crippen LogP contribution in [0.2, 0.25) is 5.15 Å². The number of nitrogens with zero attached hydrogens (tertiary/aromatic N) is 2. The third-order valence-electron chi connectivity index (χ3n) is 2.07. The van der Waals surface area contributed by atoms with E-state index in [-0.39, 0.29) is 11.8 Å². The largest absolute Gasteiger partial charge is 0.396 e. The number of aromatic nitrogens is 1. The van der Waals surface area contributed by atoms with Crippen LogP contribution in [0.15, 0.2) is 6.07 Å². The Balaban J connectivity index is 2.53. The molecule has 0 saturated heterocycles. The average molecular weight is 272 g/mol. The maximum absolute atomic E-state index is 8.84. The van der Waals surface area contributed by atoms with Crippen LogP contribution in [0.4, 0.5) is 5.82 Å². The number of aliphatic hydroxyl groups excluding tert-OH is 1. The zero-order valence-electron chi connectivity index (χ0n) is 9.53. The van der Waals surface area contributed by atoms with Gasteiger partial charge in [-0.2, -0.15) is 17.0 Å². The molecule has 0 saturated carbocycles. The van der Waals surface area contributed by atoms with E-state index in [1.165, 1.54) is 0 Å².